The first kappa shape index (κ1) is 35.0. The molecule has 0 aromatic carbocycles. The van der Waals surface area contributed by atoms with Crippen LogP contribution in [-0.2, 0) is 19.1 Å². The molecular weight excluding hydrogens is 516 g/mol. The minimum absolute atomic E-state index is 0.0186. The molecule has 1 aliphatic carbocycles. The van der Waals surface area contributed by atoms with Crippen LogP contribution in [0.5, 0.6) is 0 Å². The summed E-state index contributed by atoms with van der Waals surface area (Å²) in [5.41, 5.74) is 0.641. The Labute approximate surface area is 237 Å². The lowest BCUT2D eigenvalue weighted by Crippen LogP contribution is -2.45. The summed E-state index contributed by atoms with van der Waals surface area (Å²) in [5, 5.41) is 30.3. The number of hydrogen-bond acceptors (Lipinski definition) is 9. The predicted octanol–water partition coefficient (Wildman–Crippen LogP) is 5.22. The highest BCUT2D eigenvalue weighted by Crippen LogP contribution is 2.46. The van der Waals surface area contributed by atoms with Crippen molar-refractivity contribution in [3.63, 3.8) is 0 Å². The number of aryl methyl sites for hydroxylation is 1. The van der Waals surface area contributed by atoms with E-state index in [2.05, 4.69) is 18.6 Å². The van der Waals surface area contributed by atoms with Crippen LogP contribution < -0.4 is 0 Å². The van der Waals surface area contributed by atoms with Crippen LogP contribution in [0.2, 0.25) is 0 Å². The van der Waals surface area contributed by atoms with Gasteiger partial charge in [0.25, 0.3) is 0 Å². The van der Waals surface area contributed by atoms with Crippen molar-refractivity contribution in [2.24, 2.45) is 23.2 Å². The number of allylic oxidation sites excluding steroid dienone is 1. The van der Waals surface area contributed by atoms with Crippen molar-refractivity contribution in [2.45, 2.75) is 111 Å². The number of aromatic nitrogens is 1. The largest absolute Gasteiger partial charge is 0.392 e. The van der Waals surface area contributed by atoms with Crippen molar-refractivity contribution in [3.05, 3.63) is 21.7 Å². The Hall–Kier alpha value is -2.07. The number of thiazole rings is 1. The summed E-state index contributed by atoms with van der Waals surface area (Å²) in [4.78, 5) is 38.9. The number of epoxide rings is 1. The summed E-state index contributed by atoms with van der Waals surface area (Å²) in [5.74, 6) is -0.945. The topological polar surface area (TPSA) is 141 Å². The zero-order valence-corrected chi connectivity index (χ0v) is 25.5. The summed E-state index contributed by atoms with van der Waals surface area (Å²) < 4.78 is 6.14. The van der Waals surface area contributed by atoms with Crippen LogP contribution in [0.25, 0.3) is 6.08 Å². The monoisotopic (exact) mass is 564 g/mol. The Morgan fingerprint density at radius 3 is 2.36 bits per heavy atom. The summed E-state index contributed by atoms with van der Waals surface area (Å²) in [6.45, 7) is 17.7. The molecule has 0 bridgehead atoms. The lowest BCUT2D eigenvalue weighted by molar-refractivity contribution is -0.143. The van der Waals surface area contributed by atoms with E-state index in [0.29, 0.717) is 0 Å². The first-order chi connectivity index (χ1) is 18.2. The number of Topliss-reactive ketones (excluding diaryl/α,β-unsaturated/α-hetero) is 2. The number of aliphatic hydroxyl groups is 2. The van der Waals surface area contributed by atoms with Gasteiger partial charge in [-0.05, 0) is 64.7 Å². The zero-order valence-electron chi connectivity index (χ0n) is 24.7. The van der Waals surface area contributed by atoms with Crippen molar-refractivity contribution in [1.29, 1.82) is 5.41 Å². The van der Waals surface area contributed by atoms with Crippen LogP contribution in [0, 0.1) is 35.5 Å². The fourth-order valence-corrected chi connectivity index (χ4v) is 6.04. The molecule has 0 radical (unpaired) electrons. The van der Waals surface area contributed by atoms with Gasteiger partial charge in [0, 0.05) is 24.1 Å². The smallest absolute Gasteiger partial charge is 0.146 e. The van der Waals surface area contributed by atoms with E-state index in [-0.39, 0.29) is 47.9 Å². The maximum absolute atomic E-state index is 13.3. The molecule has 5 unspecified atom stereocenters. The number of aliphatic hydroxyl groups excluding tert-OH is 2. The third kappa shape index (κ3) is 9.23. The molecule has 9 heteroatoms. The van der Waals surface area contributed by atoms with Gasteiger partial charge >= 0.3 is 0 Å². The Bertz CT molecular complexity index is 990. The van der Waals surface area contributed by atoms with Gasteiger partial charge < -0.3 is 25.2 Å². The summed E-state index contributed by atoms with van der Waals surface area (Å²) in [7, 11) is 0. The highest BCUT2D eigenvalue weighted by molar-refractivity contribution is 7.09. The molecule has 1 saturated heterocycles. The van der Waals surface area contributed by atoms with Gasteiger partial charge in [0.1, 0.15) is 18.4 Å². The number of carbonyl (C=O) groups is 3. The number of hydrogen-bond donors (Lipinski definition) is 3. The molecule has 1 saturated carbocycles. The van der Waals surface area contributed by atoms with Crippen molar-refractivity contribution in [3.8, 4) is 0 Å². The molecular formula is C30H48N2O6S. The van der Waals surface area contributed by atoms with E-state index in [1.165, 1.54) is 0 Å². The van der Waals surface area contributed by atoms with Crippen molar-refractivity contribution in [2.75, 3.05) is 0 Å². The van der Waals surface area contributed by atoms with Crippen LogP contribution in [0.4, 0.5) is 0 Å². The highest BCUT2D eigenvalue weighted by atomic mass is 32.1. The van der Waals surface area contributed by atoms with Gasteiger partial charge in [-0.3, -0.25) is 9.59 Å². The molecule has 0 spiro atoms. The molecule has 7 atom stereocenters. The molecule has 39 heavy (non-hydrogen) atoms. The second kappa shape index (κ2) is 15.1. The van der Waals surface area contributed by atoms with Crippen LogP contribution in [-0.4, -0.2) is 64.2 Å². The van der Waals surface area contributed by atoms with Gasteiger partial charge in [0.2, 0.25) is 0 Å². The number of fused-ring (bicyclic) bond motifs is 1. The van der Waals surface area contributed by atoms with Crippen molar-refractivity contribution >= 4 is 42.5 Å². The minimum atomic E-state index is -1.12. The molecule has 8 nitrogen and oxygen atoms in total. The van der Waals surface area contributed by atoms with Crippen LogP contribution in [0.1, 0.15) is 90.8 Å². The van der Waals surface area contributed by atoms with Gasteiger partial charge in [-0.15, -0.1) is 11.3 Å². The third-order valence-corrected chi connectivity index (χ3v) is 9.19. The summed E-state index contributed by atoms with van der Waals surface area (Å²) in [6, 6.07) is 0. The SMILES string of the molecule is C/C(=C\c1csc(C)n1)C1CC(=O)CC(O)C(C)(C)C(=O)C(C)[C@@H](O)C(C)CCC[C@@]2(C)OC2C1.C=N.C=O. The second-order valence-electron chi connectivity index (χ2n) is 11.7. The minimum Gasteiger partial charge on any atom is -0.392 e. The molecule has 1 aromatic heterocycles. The number of carbonyl (C=O) groups excluding carboxylic acids is 3. The molecule has 220 valence electrons. The predicted molar refractivity (Wildman–Crippen MR) is 156 cm³/mol. The molecule has 0 amide bonds. The maximum Gasteiger partial charge on any atom is 0.146 e. The van der Waals surface area contributed by atoms with Gasteiger partial charge in [0.15, 0.2) is 0 Å². The maximum atomic E-state index is 13.3. The molecule has 2 fully saturated rings. The number of rotatable bonds is 2. The Kier molecular flexibility index (Phi) is 13.5. The van der Waals surface area contributed by atoms with E-state index in [0.717, 1.165) is 42.0 Å². The number of nitrogens with one attached hydrogen (secondary N) is 1. The van der Waals surface area contributed by atoms with Crippen LogP contribution >= 0.6 is 11.3 Å². The summed E-state index contributed by atoms with van der Waals surface area (Å²) >= 11 is 1.60. The Morgan fingerprint density at radius 2 is 1.79 bits per heavy atom. The van der Waals surface area contributed by atoms with Crippen molar-refractivity contribution < 1.29 is 29.3 Å². The molecule has 1 aliphatic heterocycles. The lowest BCUT2D eigenvalue weighted by Gasteiger charge is -2.34. The van der Waals surface area contributed by atoms with E-state index in [4.69, 9.17) is 14.9 Å². The Morgan fingerprint density at radius 1 is 1.18 bits per heavy atom. The lowest BCUT2D eigenvalue weighted by atomic mass is 9.72. The normalized spacial score (nSPS) is 34.0. The van der Waals surface area contributed by atoms with Gasteiger partial charge in [-0.1, -0.05) is 39.7 Å². The molecule has 2 aliphatic rings. The molecule has 3 N–H and O–H groups in total. The molecule has 1 aromatic rings. The Balaban J connectivity index is 0.00000181. The van der Waals surface area contributed by atoms with Crippen LogP contribution in [0.15, 0.2) is 11.0 Å². The first-order valence-electron chi connectivity index (χ1n) is 13.6. The second-order valence-corrected chi connectivity index (χ2v) is 12.8. The fourth-order valence-electron chi connectivity index (χ4n) is 5.47. The van der Waals surface area contributed by atoms with E-state index in [1.807, 2.05) is 39.0 Å². The highest BCUT2D eigenvalue weighted by Gasteiger charge is 2.52. The summed E-state index contributed by atoms with van der Waals surface area (Å²) in [6.07, 6.45) is 3.77. The fraction of sp³-hybridized carbons (Fsp3) is 0.700. The standard InChI is InChI=1S/C28H43NO5S.CH3N.CH2O/c1-16-9-8-10-28(7)24(34-28)13-20(17(2)11-21-15-35-19(4)29-21)12-22(30)14-23(31)27(5,6)26(33)18(3)25(16)32;2*1-2/h11,15-16,18,20,23-25,31-32H,8-10,12-14H2,1-7H3;2H,1H2;1H2/b17-11+;;/t16?,18?,20?,23?,24?,25-,28+;;/m0../s1. The average Bonchev–Trinajstić information content (AvgIpc) is 3.35. The van der Waals surface area contributed by atoms with Crippen molar-refractivity contribution in [1.82, 2.24) is 4.98 Å². The number of ether oxygens (including phenoxy) is 1. The molecule has 3 rings (SSSR count). The van der Waals surface area contributed by atoms with E-state index < -0.39 is 23.5 Å². The van der Waals surface area contributed by atoms with Gasteiger partial charge in [-0.2, -0.15) is 0 Å². The van der Waals surface area contributed by atoms with E-state index in [1.54, 1.807) is 32.1 Å². The van der Waals surface area contributed by atoms with E-state index in [9.17, 15) is 19.8 Å². The van der Waals surface area contributed by atoms with Gasteiger partial charge in [0.05, 0.1) is 40.0 Å². The zero-order chi connectivity index (χ0) is 30.1. The van der Waals surface area contributed by atoms with Crippen LogP contribution in [0.3, 0.4) is 0 Å². The molecule has 2 heterocycles. The first-order valence-corrected chi connectivity index (χ1v) is 14.5. The number of ketones is 2. The van der Waals surface area contributed by atoms with Gasteiger partial charge in [-0.25, -0.2) is 4.98 Å². The third-order valence-electron chi connectivity index (χ3n) is 8.39. The quantitative estimate of drug-likeness (QED) is 0.330. The van der Waals surface area contributed by atoms with E-state index >= 15 is 0 Å². The number of nitrogens with zero attached hydrogens (tertiary/aromatic N) is 1. The average molecular weight is 565 g/mol.